The molecule has 0 aliphatic heterocycles. The molecule has 0 aliphatic rings. The summed E-state index contributed by atoms with van der Waals surface area (Å²) in [6, 6.07) is 0. The van der Waals surface area contributed by atoms with E-state index in [1.165, 1.54) is 0 Å². The van der Waals surface area contributed by atoms with Crippen molar-refractivity contribution in [2.75, 3.05) is 11.9 Å². The van der Waals surface area contributed by atoms with Crippen molar-refractivity contribution in [2.45, 2.75) is 45.3 Å². The Morgan fingerprint density at radius 3 is 2.33 bits per heavy atom. The van der Waals surface area contributed by atoms with Crippen molar-refractivity contribution >= 4 is 15.9 Å². The Hall–Kier alpha value is 0.400. The number of hydrogen-bond acceptors (Lipinski definition) is 2. The van der Waals surface area contributed by atoms with Crippen LogP contribution in [0.5, 0.6) is 0 Å². The molecule has 0 fully saturated rings. The quantitative estimate of drug-likeness (QED) is 0.720. The van der Waals surface area contributed by atoms with E-state index in [4.69, 9.17) is 10.5 Å². The minimum absolute atomic E-state index is 0.0527. The molecule has 0 saturated heterocycles. The summed E-state index contributed by atoms with van der Waals surface area (Å²) >= 11 is 3.48. The molecule has 0 aliphatic carbocycles. The van der Waals surface area contributed by atoms with Gasteiger partial charge in [0.25, 0.3) is 0 Å². The zero-order chi connectivity index (χ0) is 9.61. The van der Waals surface area contributed by atoms with Gasteiger partial charge in [0.05, 0.1) is 11.7 Å². The monoisotopic (exact) mass is 237 g/mol. The first-order valence-corrected chi connectivity index (χ1v) is 5.66. The molecule has 74 valence electrons. The van der Waals surface area contributed by atoms with Crippen LogP contribution in [-0.4, -0.2) is 23.6 Å². The molecule has 2 N–H and O–H groups in total. The minimum Gasteiger partial charge on any atom is -0.371 e. The van der Waals surface area contributed by atoms with Gasteiger partial charge in [-0.2, -0.15) is 0 Å². The number of hydrogen-bond donors (Lipinski definition) is 1. The molecule has 0 spiro atoms. The standard InChI is InChI=1S/C9H20BrNO/c1-4-9(7-10,5-6-11)12-8(2)3/h8H,4-7,11H2,1-3H3. The Bertz CT molecular complexity index is 113. The molecular weight excluding hydrogens is 218 g/mol. The zero-order valence-corrected chi connectivity index (χ0v) is 9.86. The second kappa shape index (κ2) is 5.95. The van der Waals surface area contributed by atoms with Gasteiger partial charge in [0.2, 0.25) is 0 Å². The van der Waals surface area contributed by atoms with Crippen LogP contribution in [-0.2, 0) is 4.74 Å². The molecule has 0 radical (unpaired) electrons. The number of halogens is 1. The Labute approximate surface area is 84.0 Å². The Morgan fingerprint density at radius 1 is 1.50 bits per heavy atom. The summed E-state index contributed by atoms with van der Waals surface area (Å²) in [5, 5.41) is 0.867. The van der Waals surface area contributed by atoms with Crippen LogP contribution in [0.3, 0.4) is 0 Å². The van der Waals surface area contributed by atoms with E-state index >= 15 is 0 Å². The van der Waals surface area contributed by atoms with Crippen molar-refractivity contribution in [3.05, 3.63) is 0 Å². The topological polar surface area (TPSA) is 35.2 Å². The van der Waals surface area contributed by atoms with E-state index in [0.29, 0.717) is 6.54 Å². The van der Waals surface area contributed by atoms with E-state index in [1.54, 1.807) is 0 Å². The smallest absolute Gasteiger partial charge is 0.0791 e. The third-order valence-electron chi connectivity index (χ3n) is 1.97. The molecule has 1 unspecified atom stereocenters. The predicted octanol–water partition coefficient (Wildman–Crippen LogP) is 2.30. The summed E-state index contributed by atoms with van der Waals surface area (Å²) in [4.78, 5) is 0. The van der Waals surface area contributed by atoms with Crippen molar-refractivity contribution in [1.29, 1.82) is 0 Å². The van der Waals surface area contributed by atoms with Crippen molar-refractivity contribution in [2.24, 2.45) is 5.73 Å². The van der Waals surface area contributed by atoms with Crippen LogP contribution < -0.4 is 5.73 Å². The lowest BCUT2D eigenvalue weighted by molar-refractivity contribution is -0.0693. The molecule has 2 nitrogen and oxygen atoms in total. The summed E-state index contributed by atoms with van der Waals surface area (Å²) in [5.41, 5.74) is 5.49. The highest BCUT2D eigenvalue weighted by atomic mass is 79.9. The number of nitrogens with two attached hydrogens (primary N) is 1. The average Bonchev–Trinajstić information content (AvgIpc) is 2.03. The van der Waals surface area contributed by atoms with Gasteiger partial charge in [-0.15, -0.1) is 0 Å². The van der Waals surface area contributed by atoms with Gasteiger partial charge >= 0.3 is 0 Å². The van der Waals surface area contributed by atoms with Crippen LogP contribution in [0.4, 0.5) is 0 Å². The van der Waals surface area contributed by atoms with Crippen molar-refractivity contribution < 1.29 is 4.74 Å². The lowest BCUT2D eigenvalue weighted by Gasteiger charge is -2.32. The highest BCUT2D eigenvalue weighted by molar-refractivity contribution is 9.09. The SMILES string of the molecule is CCC(CBr)(CCN)OC(C)C. The van der Waals surface area contributed by atoms with E-state index in [-0.39, 0.29) is 11.7 Å². The fourth-order valence-electron chi connectivity index (χ4n) is 1.27. The molecule has 0 aromatic carbocycles. The first-order valence-electron chi connectivity index (χ1n) is 4.54. The molecule has 0 aromatic rings. The van der Waals surface area contributed by atoms with Gasteiger partial charge in [0.15, 0.2) is 0 Å². The fraction of sp³-hybridized carbons (Fsp3) is 1.00. The predicted molar refractivity (Wildman–Crippen MR) is 56.7 cm³/mol. The third kappa shape index (κ3) is 3.87. The second-order valence-corrected chi connectivity index (χ2v) is 3.94. The highest BCUT2D eigenvalue weighted by Crippen LogP contribution is 2.24. The maximum atomic E-state index is 5.85. The van der Waals surface area contributed by atoms with Crippen LogP contribution in [0.15, 0.2) is 0 Å². The Balaban J connectivity index is 4.13. The highest BCUT2D eigenvalue weighted by Gasteiger charge is 2.27. The van der Waals surface area contributed by atoms with Crippen LogP contribution in [0, 0.1) is 0 Å². The summed E-state index contributed by atoms with van der Waals surface area (Å²) in [5.74, 6) is 0. The zero-order valence-electron chi connectivity index (χ0n) is 8.27. The van der Waals surface area contributed by atoms with Gasteiger partial charge in [0, 0.05) is 5.33 Å². The molecule has 1 atom stereocenters. The summed E-state index contributed by atoms with van der Waals surface area (Å²) in [7, 11) is 0. The van der Waals surface area contributed by atoms with E-state index < -0.39 is 0 Å². The molecule has 0 rings (SSSR count). The lowest BCUT2D eigenvalue weighted by Crippen LogP contribution is -2.38. The molecule has 0 bridgehead atoms. The molecular formula is C9H20BrNO. The fourth-order valence-corrected chi connectivity index (χ4v) is 2.08. The van der Waals surface area contributed by atoms with Gasteiger partial charge in [-0.1, -0.05) is 22.9 Å². The first kappa shape index (κ1) is 12.4. The van der Waals surface area contributed by atoms with E-state index in [1.807, 2.05) is 0 Å². The molecule has 3 heteroatoms. The number of alkyl halides is 1. The van der Waals surface area contributed by atoms with Crippen LogP contribution in [0.2, 0.25) is 0 Å². The first-order chi connectivity index (χ1) is 5.60. The molecule has 0 amide bonds. The third-order valence-corrected chi connectivity index (χ3v) is 3.00. The summed E-state index contributed by atoms with van der Waals surface area (Å²) in [6.45, 7) is 6.94. The maximum absolute atomic E-state index is 5.85. The maximum Gasteiger partial charge on any atom is 0.0791 e. The molecule has 0 heterocycles. The van der Waals surface area contributed by atoms with E-state index in [0.717, 1.165) is 18.2 Å². The van der Waals surface area contributed by atoms with Gasteiger partial charge < -0.3 is 10.5 Å². The van der Waals surface area contributed by atoms with Crippen LogP contribution >= 0.6 is 15.9 Å². The Morgan fingerprint density at radius 2 is 2.08 bits per heavy atom. The largest absolute Gasteiger partial charge is 0.371 e. The van der Waals surface area contributed by atoms with E-state index in [2.05, 4.69) is 36.7 Å². The summed E-state index contributed by atoms with van der Waals surface area (Å²) < 4.78 is 5.85. The Kier molecular flexibility index (Phi) is 6.14. The van der Waals surface area contributed by atoms with E-state index in [9.17, 15) is 0 Å². The average molecular weight is 238 g/mol. The van der Waals surface area contributed by atoms with Gasteiger partial charge in [0.1, 0.15) is 0 Å². The second-order valence-electron chi connectivity index (χ2n) is 3.38. The summed E-state index contributed by atoms with van der Waals surface area (Å²) in [6.07, 6.45) is 2.20. The van der Waals surface area contributed by atoms with Gasteiger partial charge in [-0.25, -0.2) is 0 Å². The molecule has 0 aromatic heterocycles. The number of ether oxygens (including phenoxy) is 1. The van der Waals surface area contributed by atoms with Crippen molar-refractivity contribution in [1.82, 2.24) is 0 Å². The van der Waals surface area contributed by atoms with Crippen LogP contribution in [0.25, 0.3) is 0 Å². The van der Waals surface area contributed by atoms with Gasteiger partial charge in [-0.05, 0) is 33.2 Å². The minimum atomic E-state index is -0.0527. The normalized spacial score (nSPS) is 16.5. The van der Waals surface area contributed by atoms with Crippen molar-refractivity contribution in [3.8, 4) is 0 Å². The molecule has 0 saturated carbocycles. The molecule has 12 heavy (non-hydrogen) atoms. The van der Waals surface area contributed by atoms with Gasteiger partial charge in [-0.3, -0.25) is 0 Å². The van der Waals surface area contributed by atoms with Crippen LogP contribution in [0.1, 0.15) is 33.6 Å². The lowest BCUT2D eigenvalue weighted by atomic mass is 9.98. The van der Waals surface area contributed by atoms with Crippen molar-refractivity contribution in [3.63, 3.8) is 0 Å². The number of rotatable bonds is 6.